The van der Waals surface area contributed by atoms with E-state index in [0.717, 1.165) is 16.8 Å². The lowest BCUT2D eigenvalue weighted by Crippen LogP contribution is -2.50. The third kappa shape index (κ3) is 4.38. The molecule has 1 aromatic rings. The molecule has 0 unspecified atom stereocenters. The zero-order chi connectivity index (χ0) is 16.9. The number of nitrogens with zero attached hydrogens (tertiary/aromatic N) is 2. The van der Waals surface area contributed by atoms with Crippen LogP contribution in [0.4, 0.5) is 0 Å². The quantitative estimate of drug-likeness (QED) is 0.783. The summed E-state index contributed by atoms with van der Waals surface area (Å²) < 4.78 is 0.911. The second-order valence-electron chi connectivity index (χ2n) is 6.87. The Bertz CT molecular complexity index is 591. The van der Waals surface area contributed by atoms with E-state index < -0.39 is 0 Å². The molecule has 2 fully saturated rings. The fourth-order valence-electron chi connectivity index (χ4n) is 3.75. The molecule has 1 saturated heterocycles. The summed E-state index contributed by atoms with van der Waals surface area (Å²) in [7, 11) is 0. The molecule has 2 aliphatic rings. The van der Waals surface area contributed by atoms with Crippen LogP contribution in [0.1, 0.15) is 48.9 Å². The maximum Gasteiger partial charge on any atom is 0.254 e. The van der Waals surface area contributed by atoms with Gasteiger partial charge < -0.3 is 9.80 Å². The van der Waals surface area contributed by atoms with Crippen molar-refractivity contribution in [1.29, 1.82) is 0 Å². The van der Waals surface area contributed by atoms with E-state index in [0.29, 0.717) is 38.2 Å². The molecule has 2 amide bonds. The highest BCUT2D eigenvalue weighted by atomic mass is 79.9. The van der Waals surface area contributed by atoms with E-state index in [1.165, 1.54) is 25.7 Å². The lowest BCUT2D eigenvalue weighted by Gasteiger charge is -2.35. The molecule has 0 bridgehead atoms. The number of piperazine rings is 1. The molecule has 0 radical (unpaired) electrons. The zero-order valence-corrected chi connectivity index (χ0v) is 15.6. The largest absolute Gasteiger partial charge is 0.339 e. The minimum atomic E-state index is 0.0503. The molecule has 0 atom stereocenters. The van der Waals surface area contributed by atoms with E-state index in [-0.39, 0.29) is 11.8 Å². The van der Waals surface area contributed by atoms with Gasteiger partial charge in [-0.2, -0.15) is 0 Å². The molecule has 0 spiro atoms. The van der Waals surface area contributed by atoms with Crippen molar-refractivity contribution in [3.63, 3.8) is 0 Å². The third-order valence-electron chi connectivity index (χ3n) is 5.23. The van der Waals surface area contributed by atoms with Crippen LogP contribution >= 0.6 is 15.9 Å². The average Bonchev–Trinajstić information content (AvgIpc) is 3.13. The van der Waals surface area contributed by atoms with Crippen LogP contribution in [0.15, 0.2) is 28.7 Å². The Balaban J connectivity index is 1.46. The number of hydrogen-bond acceptors (Lipinski definition) is 2. The van der Waals surface area contributed by atoms with Crippen molar-refractivity contribution < 1.29 is 9.59 Å². The molecule has 1 aliphatic heterocycles. The van der Waals surface area contributed by atoms with Crippen LogP contribution in [0.5, 0.6) is 0 Å². The van der Waals surface area contributed by atoms with Crippen molar-refractivity contribution in [1.82, 2.24) is 9.80 Å². The highest BCUT2D eigenvalue weighted by molar-refractivity contribution is 9.10. The van der Waals surface area contributed by atoms with Gasteiger partial charge in [0.1, 0.15) is 0 Å². The maximum absolute atomic E-state index is 12.5. The Labute approximate surface area is 152 Å². The Hall–Kier alpha value is -1.36. The van der Waals surface area contributed by atoms with Gasteiger partial charge in [0.15, 0.2) is 0 Å². The summed E-state index contributed by atoms with van der Waals surface area (Å²) in [5.74, 6) is 1.07. The molecule has 1 aliphatic carbocycles. The Morgan fingerprint density at radius 3 is 2.38 bits per heavy atom. The number of benzene rings is 1. The van der Waals surface area contributed by atoms with Gasteiger partial charge in [0.25, 0.3) is 5.91 Å². The molecule has 0 aromatic heterocycles. The summed E-state index contributed by atoms with van der Waals surface area (Å²) in [5.41, 5.74) is 0.699. The third-order valence-corrected chi connectivity index (χ3v) is 5.73. The molecule has 0 N–H and O–H groups in total. The van der Waals surface area contributed by atoms with E-state index in [4.69, 9.17) is 0 Å². The zero-order valence-electron chi connectivity index (χ0n) is 14.0. The lowest BCUT2D eigenvalue weighted by atomic mass is 10.0. The van der Waals surface area contributed by atoms with Crippen molar-refractivity contribution in [2.45, 2.75) is 38.5 Å². The van der Waals surface area contributed by atoms with Crippen LogP contribution < -0.4 is 0 Å². The van der Waals surface area contributed by atoms with E-state index >= 15 is 0 Å². The molecule has 1 aromatic carbocycles. The first-order chi connectivity index (χ1) is 11.6. The van der Waals surface area contributed by atoms with E-state index in [2.05, 4.69) is 15.9 Å². The molecule has 5 heteroatoms. The maximum atomic E-state index is 12.5. The fraction of sp³-hybridized carbons (Fsp3) is 0.579. The van der Waals surface area contributed by atoms with Gasteiger partial charge in [0, 0.05) is 42.6 Å². The summed E-state index contributed by atoms with van der Waals surface area (Å²) in [4.78, 5) is 28.7. The number of carbonyl (C=O) groups is 2. The van der Waals surface area contributed by atoms with Gasteiger partial charge in [-0.05, 0) is 30.5 Å². The normalized spacial score (nSPS) is 18.9. The van der Waals surface area contributed by atoms with Crippen molar-refractivity contribution in [3.05, 3.63) is 34.3 Å². The fourth-order valence-corrected chi connectivity index (χ4v) is 4.15. The molecular formula is C19H25BrN2O2. The molecule has 24 heavy (non-hydrogen) atoms. The predicted molar refractivity (Wildman–Crippen MR) is 97.8 cm³/mol. The molecule has 4 nitrogen and oxygen atoms in total. The van der Waals surface area contributed by atoms with Crippen LogP contribution in [0.2, 0.25) is 0 Å². The highest BCUT2D eigenvalue weighted by Crippen LogP contribution is 2.28. The topological polar surface area (TPSA) is 40.6 Å². The lowest BCUT2D eigenvalue weighted by molar-refractivity contribution is -0.133. The molecular weight excluding hydrogens is 368 g/mol. The number of amides is 2. The minimum absolute atomic E-state index is 0.0503. The summed E-state index contributed by atoms with van der Waals surface area (Å²) in [6.45, 7) is 2.56. The van der Waals surface area contributed by atoms with Gasteiger partial charge >= 0.3 is 0 Å². The van der Waals surface area contributed by atoms with Gasteiger partial charge in [-0.1, -0.05) is 47.7 Å². The number of hydrogen-bond donors (Lipinski definition) is 0. The van der Waals surface area contributed by atoms with Gasteiger partial charge in [-0.15, -0.1) is 0 Å². The van der Waals surface area contributed by atoms with Crippen molar-refractivity contribution in [2.75, 3.05) is 26.2 Å². The van der Waals surface area contributed by atoms with Gasteiger partial charge in [0.2, 0.25) is 5.91 Å². The number of rotatable bonds is 4. The van der Waals surface area contributed by atoms with E-state index in [1.54, 1.807) is 0 Å². The Morgan fingerprint density at radius 1 is 1.04 bits per heavy atom. The Kier molecular flexibility index (Phi) is 5.93. The van der Waals surface area contributed by atoms with Crippen LogP contribution in [0.25, 0.3) is 0 Å². The predicted octanol–water partition coefficient (Wildman–Crippen LogP) is 3.70. The van der Waals surface area contributed by atoms with Gasteiger partial charge in [0.05, 0.1) is 0 Å². The van der Waals surface area contributed by atoms with Crippen LogP contribution in [-0.2, 0) is 4.79 Å². The molecule has 130 valence electrons. The monoisotopic (exact) mass is 392 g/mol. The van der Waals surface area contributed by atoms with Gasteiger partial charge in [-0.3, -0.25) is 9.59 Å². The molecule has 1 heterocycles. The first-order valence-electron chi connectivity index (χ1n) is 8.96. The SMILES string of the molecule is O=C(CCC1CCCC1)N1CCN(C(=O)c2cccc(Br)c2)CC1. The van der Waals surface area contributed by atoms with Crippen LogP contribution in [0, 0.1) is 5.92 Å². The number of carbonyl (C=O) groups excluding carboxylic acids is 2. The van der Waals surface area contributed by atoms with Crippen LogP contribution in [0.3, 0.4) is 0 Å². The first kappa shape index (κ1) is 17.5. The van der Waals surface area contributed by atoms with Crippen LogP contribution in [-0.4, -0.2) is 47.8 Å². The highest BCUT2D eigenvalue weighted by Gasteiger charge is 2.25. The molecule has 1 saturated carbocycles. The second-order valence-corrected chi connectivity index (χ2v) is 7.79. The Morgan fingerprint density at radius 2 is 1.71 bits per heavy atom. The number of halogens is 1. The van der Waals surface area contributed by atoms with E-state index in [1.807, 2.05) is 34.1 Å². The summed E-state index contributed by atoms with van der Waals surface area (Å²) in [6, 6.07) is 7.48. The van der Waals surface area contributed by atoms with E-state index in [9.17, 15) is 9.59 Å². The summed E-state index contributed by atoms with van der Waals surface area (Å²) in [5, 5.41) is 0. The standard InChI is InChI=1S/C19H25BrN2O2/c20-17-7-3-6-16(14-17)19(24)22-12-10-21(11-13-22)18(23)9-8-15-4-1-2-5-15/h3,6-7,14-15H,1-2,4-5,8-13H2. The van der Waals surface area contributed by atoms with Crippen molar-refractivity contribution in [3.8, 4) is 0 Å². The summed E-state index contributed by atoms with van der Waals surface area (Å²) in [6.07, 6.45) is 6.95. The van der Waals surface area contributed by atoms with Gasteiger partial charge in [-0.25, -0.2) is 0 Å². The van der Waals surface area contributed by atoms with Crippen molar-refractivity contribution in [2.24, 2.45) is 5.92 Å². The van der Waals surface area contributed by atoms with Crippen molar-refractivity contribution >= 4 is 27.7 Å². The second kappa shape index (κ2) is 8.15. The first-order valence-corrected chi connectivity index (χ1v) is 9.75. The summed E-state index contributed by atoms with van der Waals surface area (Å²) >= 11 is 3.40. The average molecular weight is 393 g/mol. The minimum Gasteiger partial charge on any atom is -0.339 e. The smallest absolute Gasteiger partial charge is 0.254 e. The molecule has 3 rings (SSSR count).